The molecule has 0 atom stereocenters. The Kier molecular flexibility index (Phi) is 6.37. The molecule has 0 radical (unpaired) electrons. The fraction of sp³-hybridized carbons (Fsp3) is 0.261. The van der Waals surface area contributed by atoms with E-state index in [1.807, 2.05) is 64.2 Å². The molecule has 166 valence electrons. The summed E-state index contributed by atoms with van der Waals surface area (Å²) < 4.78 is 1.92. The zero-order valence-corrected chi connectivity index (χ0v) is 18.0. The lowest BCUT2D eigenvalue weighted by Crippen LogP contribution is -2.33. The lowest BCUT2D eigenvalue weighted by molar-refractivity contribution is -0.116. The maximum atomic E-state index is 12.5. The molecule has 9 heteroatoms. The summed E-state index contributed by atoms with van der Waals surface area (Å²) in [5.74, 6) is 0.0924. The minimum absolute atomic E-state index is 0.0687. The van der Waals surface area contributed by atoms with Crippen molar-refractivity contribution in [3.8, 4) is 0 Å². The van der Waals surface area contributed by atoms with E-state index in [1.165, 1.54) is 0 Å². The van der Waals surface area contributed by atoms with Crippen LogP contribution in [0.5, 0.6) is 0 Å². The van der Waals surface area contributed by atoms with Crippen LogP contribution in [0.3, 0.4) is 0 Å². The second-order valence-electron chi connectivity index (χ2n) is 7.92. The first-order valence-corrected chi connectivity index (χ1v) is 10.5. The summed E-state index contributed by atoms with van der Waals surface area (Å²) in [4.78, 5) is 28.3. The monoisotopic (exact) mass is 433 g/mol. The number of hydrogen-bond acceptors (Lipinski definition) is 5. The minimum Gasteiger partial charge on any atom is -0.368 e. The number of nitrogens with two attached hydrogens (primary N) is 1. The summed E-state index contributed by atoms with van der Waals surface area (Å²) in [6.45, 7) is 3.12. The number of hydrogen-bond donors (Lipinski definition) is 3. The van der Waals surface area contributed by atoms with Crippen LogP contribution in [0.2, 0.25) is 0 Å². The first-order valence-electron chi connectivity index (χ1n) is 10.5. The SMILES string of the molecule is CN1CCn2nc(NC(=O)Nc3cccc(N(CC(N)=O)Cc4ccccc4)c3)cc2C1. The largest absolute Gasteiger partial charge is 0.368 e. The molecule has 0 bridgehead atoms. The maximum absolute atomic E-state index is 12.5. The number of carbonyl (C=O) groups excluding carboxylic acids is 2. The Hall–Kier alpha value is -3.85. The predicted molar refractivity (Wildman–Crippen MR) is 124 cm³/mol. The molecule has 0 saturated carbocycles. The van der Waals surface area contributed by atoms with Crippen LogP contribution in [0.4, 0.5) is 22.0 Å². The quantitative estimate of drug-likeness (QED) is 0.530. The summed E-state index contributed by atoms with van der Waals surface area (Å²) >= 11 is 0. The number of amides is 3. The van der Waals surface area contributed by atoms with E-state index in [9.17, 15) is 9.59 Å². The Morgan fingerprint density at radius 1 is 1.06 bits per heavy atom. The van der Waals surface area contributed by atoms with Crippen molar-refractivity contribution in [1.82, 2.24) is 14.7 Å². The van der Waals surface area contributed by atoms with E-state index in [0.717, 1.165) is 36.6 Å². The van der Waals surface area contributed by atoms with Crippen LogP contribution in [0.15, 0.2) is 60.7 Å². The summed E-state index contributed by atoms with van der Waals surface area (Å²) in [5.41, 5.74) is 8.98. The fourth-order valence-electron chi connectivity index (χ4n) is 3.75. The van der Waals surface area contributed by atoms with E-state index in [2.05, 4.69) is 27.7 Å². The molecule has 0 fully saturated rings. The topological polar surface area (TPSA) is 109 Å². The summed E-state index contributed by atoms with van der Waals surface area (Å²) in [6.07, 6.45) is 0. The van der Waals surface area contributed by atoms with Gasteiger partial charge in [0.2, 0.25) is 5.91 Å². The van der Waals surface area contributed by atoms with Crippen molar-refractivity contribution in [2.75, 3.05) is 35.7 Å². The van der Waals surface area contributed by atoms with Crippen molar-refractivity contribution in [3.05, 3.63) is 71.9 Å². The number of benzene rings is 2. The molecule has 0 spiro atoms. The third-order valence-electron chi connectivity index (χ3n) is 5.26. The zero-order chi connectivity index (χ0) is 22.5. The van der Waals surface area contributed by atoms with Gasteiger partial charge in [0.05, 0.1) is 18.8 Å². The van der Waals surface area contributed by atoms with Crippen molar-refractivity contribution in [2.45, 2.75) is 19.6 Å². The average Bonchev–Trinajstić information content (AvgIpc) is 3.15. The first kappa shape index (κ1) is 21.4. The van der Waals surface area contributed by atoms with Gasteiger partial charge in [-0.3, -0.25) is 19.7 Å². The molecule has 1 aromatic heterocycles. The molecule has 0 unspecified atom stereocenters. The summed E-state index contributed by atoms with van der Waals surface area (Å²) in [5, 5.41) is 10.1. The van der Waals surface area contributed by atoms with Crippen molar-refractivity contribution in [3.63, 3.8) is 0 Å². The Balaban J connectivity index is 1.44. The van der Waals surface area contributed by atoms with Crippen LogP contribution in [-0.4, -0.2) is 46.8 Å². The van der Waals surface area contributed by atoms with Gasteiger partial charge in [-0.15, -0.1) is 0 Å². The van der Waals surface area contributed by atoms with Crippen LogP contribution in [-0.2, 0) is 24.4 Å². The average molecular weight is 434 g/mol. The smallest absolute Gasteiger partial charge is 0.324 e. The number of primary amides is 1. The lowest BCUT2D eigenvalue weighted by atomic mass is 10.2. The van der Waals surface area contributed by atoms with Crippen LogP contribution < -0.4 is 21.3 Å². The molecule has 4 rings (SSSR count). The van der Waals surface area contributed by atoms with E-state index in [4.69, 9.17) is 5.73 Å². The molecular weight excluding hydrogens is 406 g/mol. The Labute approximate surface area is 186 Å². The first-order chi connectivity index (χ1) is 15.5. The van der Waals surface area contributed by atoms with Gasteiger partial charge < -0.3 is 16.0 Å². The molecule has 2 heterocycles. The van der Waals surface area contributed by atoms with Crippen molar-refractivity contribution >= 4 is 29.1 Å². The fourth-order valence-corrected chi connectivity index (χ4v) is 3.75. The Morgan fingerprint density at radius 3 is 2.66 bits per heavy atom. The van der Waals surface area contributed by atoms with E-state index < -0.39 is 5.91 Å². The van der Waals surface area contributed by atoms with Gasteiger partial charge in [-0.2, -0.15) is 5.10 Å². The molecule has 2 aromatic carbocycles. The van der Waals surface area contributed by atoms with Gasteiger partial charge in [0.15, 0.2) is 5.82 Å². The molecule has 4 N–H and O–H groups in total. The number of aromatic nitrogens is 2. The highest BCUT2D eigenvalue weighted by molar-refractivity contribution is 5.99. The molecule has 0 saturated heterocycles. The Bertz CT molecular complexity index is 1100. The zero-order valence-electron chi connectivity index (χ0n) is 18.0. The number of rotatable bonds is 7. The second kappa shape index (κ2) is 9.52. The number of fused-ring (bicyclic) bond motifs is 1. The summed E-state index contributed by atoms with van der Waals surface area (Å²) in [6, 6.07) is 18.7. The van der Waals surface area contributed by atoms with Crippen LogP contribution >= 0.6 is 0 Å². The van der Waals surface area contributed by atoms with Crippen LogP contribution in [0.25, 0.3) is 0 Å². The van der Waals surface area contributed by atoms with Crippen LogP contribution in [0, 0.1) is 0 Å². The van der Waals surface area contributed by atoms with Gasteiger partial charge in [-0.25, -0.2) is 4.79 Å². The lowest BCUT2D eigenvalue weighted by Gasteiger charge is -2.24. The normalized spacial score (nSPS) is 13.3. The molecule has 0 aliphatic carbocycles. The Morgan fingerprint density at radius 2 is 1.88 bits per heavy atom. The minimum atomic E-state index is -0.425. The molecular formula is C23H27N7O2. The van der Waals surface area contributed by atoms with Gasteiger partial charge in [-0.1, -0.05) is 36.4 Å². The molecule has 3 amide bonds. The predicted octanol–water partition coefficient (Wildman–Crippen LogP) is 2.46. The standard InChI is InChI=1S/C23H27N7O2/c1-28-10-11-30-20(15-28)13-22(27-30)26-23(32)25-18-8-5-9-19(12-18)29(16-21(24)31)14-17-6-3-2-4-7-17/h2-9,12-13H,10-11,14-16H2,1H3,(H2,24,31)(H2,25,26,27,32). The number of urea groups is 1. The molecule has 3 aromatic rings. The van der Waals surface area contributed by atoms with Crippen molar-refractivity contribution in [1.29, 1.82) is 0 Å². The number of nitrogens with one attached hydrogen (secondary N) is 2. The van der Waals surface area contributed by atoms with E-state index in [-0.39, 0.29) is 12.6 Å². The molecule has 32 heavy (non-hydrogen) atoms. The van der Waals surface area contributed by atoms with Gasteiger partial charge in [0, 0.05) is 37.1 Å². The molecule has 1 aliphatic heterocycles. The molecule has 9 nitrogen and oxygen atoms in total. The third kappa shape index (κ3) is 5.44. The van der Waals surface area contributed by atoms with Crippen LogP contribution in [0.1, 0.15) is 11.3 Å². The number of carbonyl (C=O) groups is 2. The highest BCUT2D eigenvalue weighted by Crippen LogP contribution is 2.22. The number of nitrogens with zero attached hydrogens (tertiary/aromatic N) is 4. The number of anilines is 3. The van der Waals surface area contributed by atoms with E-state index >= 15 is 0 Å². The molecule has 1 aliphatic rings. The van der Waals surface area contributed by atoms with Gasteiger partial charge >= 0.3 is 6.03 Å². The second-order valence-corrected chi connectivity index (χ2v) is 7.92. The van der Waals surface area contributed by atoms with Gasteiger partial charge in [0.25, 0.3) is 0 Å². The highest BCUT2D eigenvalue weighted by atomic mass is 16.2. The van der Waals surface area contributed by atoms with Gasteiger partial charge in [-0.05, 0) is 30.8 Å². The number of likely N-dealkylation sites (N-methyl/N-ethyl adjacent to an activating group) is 1. The third-order valence-corrected chi connectivity index (χ3v) is 5.26. The van der Waals surface area contributed by atoms with E-state index in [1.54, 1.807) is 6.07 Å². The maximum Gasteiger partial charge on any atom is 0.324 e. The van der Waals surface area contributed by atoms with Gasteiger partial charge in [0.1, 0.15) is 0 Å². The highest BCUT2D eigenvalue weighted by Gasteiger charge is 2.17. The van der Waals surface area contributed by atoms with E-state index in [0.29, 0.717) is 18.1 Å². The summed E-state index contributed by atoms with van der Waals surface area (Å²) in [7, 11) is 2.06. The van der Waals surface area contributed by atoms with Crippen molar-refractivity contribution < 1.29 is 9.59 Å². The van der Waals surface area contributed by atoms with Crippen molar-refractivity contribution in [2.24, 2.45) is 5.73 Å².